The van der Waals surface area contributed by atoms with Crippen LogP contribution in [0, 0.1) is 0 Å². The SMILES string of the molecule is C[C@@H]1N[C@@H]2CCCC[C@H]2NCCN[C@@H]2CCCC[C@H]2N[C@@H](C)c2cccc1n2.NC(C(=O)O)c1ccccc1.NC(C(=O)O)c1ccccc1.[Mn]. The van der Waals surface area contributed by atoms with Crippen molar-refractivity contribution in [2.24, 2.45) is 11.5 Å². The molecule has 8 atom stereocenters. The van der Waals surface area contributed by atoms with Gasteiger partial charge in [0.2, 0.25) is 0 Å². The van der Waals surface area contributed by atoms with Gasteiger partial charge in [-0.1, -0.05) is 92.4 Å². The maximum absolute atomic E-state index is 10.4. The fourth-order valence-corrected chi connectivity index (χ4v) is 7.03. The summed E-state index contributed by atoms with van der Waals surface area (Å²) in [6.45, 7) is 6.66. The summed E-state index contributed by atoms with van der Waals surface area (Å²) in [6.07, 6.45) is 10.4. The fraction of sp³-hybridized carbons (Fsp3) is 0.513. The van der Waals surface area contributed by atoms with Crippen molar-refractivity contribution in [3.8, 4) is 0 Å². The van der Waals surface area contributed by atoms with Gasteiger partial charge in [0, 0.05) is 66.4 Å². The van der Waals surface area contributed by atoms with E-state index < -0.39 is 24.0 Å². The molecule has 3 aromatic rings. The van der Waals surface area contributed by atoms with E-state index in [9.17, 15) is 9.59 Å². The van der Waals surface area contributed by atoms with Gasteiger partial charge in [-0.3, -0.25) is 14.6 Å². The van der Waals surface area contributed by atoms with Gasteiger partial charge in [0.05, 0.1) is 11.4 Å². The summed E-state index contributed by atoms with van der Waals surface area (Å²) in [5.41, 5.74) is 14.3. The van der Waals surface area contributed by atoms with Crippen LogP contribution in [0.5, 0.6) is 0 Å². The van der Waals surface area contributed by atoms with Crippen LogP contribution < -0.4 is 32.7 Å². The second-order valence-electron chi connectivity index (χ2n) is 13.6. The number of aliphatic carboxylic acids is 2. The van der Waals surface area contributed by atoms with E-state index in [0.29, 0.717) is 35.3 Å². The molecule has 6 rings (SSSR count). The minimum Gasteiger partial charge on any atom is -0.480 e. The zero-order chi connectivity index (χ0) is 35.9. The Hall–Kier alpha value is -3.19. The standard InChI is InChI=1S/C23H39N5.2C8H9NO2.Mn/c1-16-18-12-7-13-19(28-18)17(2)27-23-11-6-4-9-21(23)25-15-14-24-20-8-3-5-10-22(20)26-16;2*9-7(8(10)11)6-4-2-1-3-5-6;/h7,12-13,16-17,20-27H,3-6,8-11,14-15H2,1-2H3;2*1-5,7H,9H2,(H,10,11);/t16-,17-,20+,21+,22+,23+;;;/m0.../s1. The Morgan fingerprint density at radius 1 is 0.608 bits per heavy atom. The number of hydrogen-bond acceptors (Lipinski definition) is 9. The third-order valence-corrected chi connectivity index (χ3v) is 9.93. The second-order valence-corrected chi connectivity index (χ2v) is 13.6. The molecule has 2 unspecified atom stereocenters. The number of benzene rings is 2. The quantitative estimate of drug-likeness (QED) is 0.173. The minimum atomic E-state index is -1.00. The van der Waals surface area contributed by atoms with Crippen molar-refractivity contribution < 1.29 is 36.9 Å². The molecule has 0 saturated heterocycles. The summed E-state index contributed by atoms with van der Waals surface area (Å²) >= 11 is 0. The first-order valence-electron chi connectivity index (χ1n) is 18.2. The third kappa shape index (κ3) is 13.4. The number of fused-ring (bicyclic) bond motifs is 4. The van der Waals surface area contributed by atoms with E-state index in [1.165, 1.54) is 62.8 Å². The molecule has 3 aliphatic rings. The van der Waals surface area contributed by atoms with Crippen molar-refractivity contribution >= 4 is 11.9 Å². The van der Waals surface area contributed by atoms with E-state index >= 15 is 0 Å². The normalized spacial score (nSPS) is 26.1. The van der Waals surface area contributed by atoms with Crippen molar-refractivity contribution in [2.75, 3.05) is 13.1 Å². The third-order valence-electron chi connectivity index (χ3n) is 9.93. The van der Waals surface area contributed by atoms with Gasteiger partial charge in [0.1, 0.15) is 12.1 Å². The number of nitrogens with zero attached hydrogens (tertiary/aromatic N) is 1. The number of rotatable bonds is 4. The first-order chi connectivity index (χ1) is 24.1. The summed E-state index contributed by atoms with van der Waals surface area (Å²) < 4.78 is 0. The van der Waals surface area contributed by atoms with Crippen LogP contribution in [-0.4, -0.2) is 64.4 Å². The van der Waals surface area contributed by atoms with Crippen LogP contribution in [0.1, 0.15) is 112 Å². The molecule has 0 spiro atoms. The van der Waals surface area contributed by atoms with E-state index in [-0.39, 0.29) is 29.2 Å². The van der Waals surface area contributed by atoms with Gasteiger partial charge >= 0.3 is 11.9 Å². The molecular weight excluding hydrogens is 685 g/mol. The molecule has 51 heavy (non-hydrogen) atoms. The fourth-order valence-electron chi connectivity index (χ4n) is 7.03. The number of carboxylic acid groups (broad SMARTS) is 2. The molecule has 2 heterocycles. The Labute approximate surface area is 313 Å². The van der Waals surface area contributed by atoms with Crippen LogP contribution in [0.2, 0.25) is 0 Å². The van der Waals surface area contributed by atoms with Crippen LogP contribution in [0.3, 0.4) is 0 Å². The monoisotopic (exact) mass is 742 g/mol. The largest absolute Gasteiger partial charge is 0.480 e. The number of nitrogens with one attached hydrogen (secondary N) is 4. The topological polar surface area (TPSA) is 188 Å². The van der Waals surface area contributed by atoms with Crippen LogP contribution in [0.4, 0.5) is 0 Å². The van der Waals surface area contributed by atoms with E-state index in [1.807, 2.05) is 12.1 Å². The van der Waals surface area contributed by atoms with Gasteiger partial charge in [0.25, 0.3) is 0 Å². The van der Waals surface area contributed by atoms with E-state index in [1.54, 1.807) is 48.5 Å². The molecule has 2 aliphatic carbocycles. The smallest absolute Gasteiger partial charge is 0.325 e. The zero-order valence-corrected chi connectivity index (χ0v) is 31.1. The van der Waals surface area contributed by atoms with Gasteiger partial charge in [-0.2, -0.15) is 0 Å². The summed E-state index contributed by atoms with van der Waals surface area (Å²) in [4.78, 5) is 25.8. The van der Waals surface area contributed by atoms with Gasteiger partial charge in [-0.15, -0.1) is 0 Å². The average molecular weight is 743 g/mol. The van der Waals surface area contributed by atoms with E-state index in [0.717, 1.165) is 13.1 Å². The predicted octanol–water partition coefficient (Wildman–Crippen LogP) is 4.74. The maximum atomic E-state index is 10.4. The van der Waals surface area contributed by atoms with Gasteiger partial charge in [-0.25, -0.2) is 0 Å². The molecule has 10 N–H and O–H groups in total. The zero-order valence-electron chi connectivity index (χ0n) is 29.9. The van der Waals surface area contributed by atoms with Crippen molar-refractivity contribution in [1.29, 1.82) is 0 Å². The summed E-state index contributed by atoms with van der Waals surface area (Å²) in [5.74, 6) is -2.01. The number of carboxylic acids is 2. The van der Waals surface area contributed by atoms with E-state index in [2.05, 4.69) is 53.3 Å². The first-order valence-corrected chi connectivity index (χ1v) is 18.2. The number of carbonyl (C=O) groups is 2. The molecule has 1 aromatic heterocycles. The Balaban J connectivity index is 0.000000251. The van der Waals surface area contributed by atoms with Crippen LogP contribution in [0.15, 0.2) is 78.9 Å². The van der Waals surface area contributed by atoms with Gasteiger partial charge < -0.3 is 42.9 Å². The minimum absolute atomic E-state index is 0. The van der Waals surface area contributed by atoms with Crippen molar-refractivity contribution in [3.05, 3.63) is 101 Å². The van der Waals surface area contributed by atoms with Crippen molar-refractivity contribution in [1.82, 2.24) is 26.3 Å². The number of nitrogens with two attached hydrogens (primary N) is 2. The molecule has 2 bridgehead atoms. The summed E-state index contributed by atoms with van der Waals surface area (Å²) in [7, 11) is 0. The molecule has 1 radical (unpaired) electrons. The number of pyridine rings is 1. The van der Waals surface area contributed by atoms with Crippen molar-refractivity contribution in [3.63, 3.8) is 0 Å². The molecule has 2 saturated carbocycles. The van der Waals surface area contributed by atoms with Gasteiger partial charge in [-0.05, 0) is 62.8 Å². The molecule has 12 heteroatoms. The molecule has 2 aromatic carbocycles. The molecule has 2 fully saturated rings. The second kappa shape index (κ2) is 22.0. The number of hydrogen-bond donors (Lipinski definition) is 8. The van der Waals surface area contributed by atoms with Crippen LogP contribution in [-0.2, 0) is 26.7 Å². The van der Waals surface area contributed by atoms with Crippen molar-refractivity contribution in [2.45, 2.75) is 114 Å². The Morgan fingerprint density at radius 3 is 1.31 bits per heavy atom. The van der Waals surface area contributed by atoms with Crippen LogP contribution >= 0.6 is 0 Å². The molecule has 0 amide bonds. The maximum Gasteiger partial charge on any atom is 0.325 e. The Bertz CT molecular complexity index is 1350. The van der Waals surface area contributed by atoms with Gasteiger partial charge in [0.15, 0.2) is 0 Å². The van der Waals surface area contributed by atoms with Crippen LogP contribution in [0.25, 0.3) is 0 Å². The molecule has 11 nitrogen and oxygen atoms in total. The summed E-state index contributed by atoms with van der Waals surface area (Å²) in [5, 5.41) is 32.5. The van der Waals surface area contributed by atoms with E-state index in [4.69, 9.17) is 26.7 Å². The molecule has 279 valence electrons. The average Bonchev–Trinajstić information content (AvgIpc) is 3.15. The molecular formula is C39H57MnN7O4. The molecule has 1 aliphatic heterocycles. The number of aromatic nitrogens is 1. The predicted molar refractivity (Wildman–Crippen MR) is 197 cm³/mol. The Kier molecular flexibility index (Phi) is 18.2. The summed E-state index contributed by atoms with van der Waals surface area (Å²) in [6, 6.07) is 25.0. The first kappa shape index (κ1) is 42.2. The Morgan fingerprint density at radius 2 is 0.961 bits per heavy atom.